The number of sulfonamides is 1. The molecule has 2 rings (SSSR count). The molecule has 1 heterocycles. The van der Waals surface area contributed by atoms with Gasteiger partial charge in [-0.1, -0.05) is 0 Å². The number of nitrogens with one attached hydrogen (secondary N) is 2. The zero-order valence-electron chi connectivity index (χ0n) is 9.90. The van der Waals surface area contributed by atoms with Crippen molar-refractivity contribution in [1.29, 1.82) is 0 Å². The summed E-state index contributed by atoms with van der Waals surface area (Å²) in [7, 11) is -3.33. The molecule has 1 aromatic carbocycles. The fourth-order valence-corrected chi connectivity index (χ4v) is 3.08. The summed E-state index contributed by atoms with van der Waals surface area (Å²) in [5.41, 5.74) is 2.15. The van der Waals surface area contributed by atoms with Crippen LogP contribution in [-0.2, 0) is 10.0 Å². The smallest absolute Gasteiger partial charge is 0.232 e. The van der Waals surface area contributed by atoms with Crippen LogP contribution < -0.4 is 4.72 Å². The molecule has 0 radical (unpaired) electrons. The van der Waals surface area contributed by atoms with Crippen LogP contribution >= 0.6 is 11.6 Å². The van der Waals surface area contributed by atoms with Gasteiger partial charge in [-0.3, -0.25) is 4.72 Å². The van der Waals surface area contributed by atoms with Gasteiger partial charge in [0.15, 0.2) is 0 Å². The number of H-pyrrole nitrogens is 1. The van der Waals surface area contributed by atoms with Gasteiger partial charge in [0.1, 0.15) is 5.82 Å². The first-order chi connectivity index (χ1) is 8.50. The Hall–Kier alpha value is -1.27. The number of hydrogen-bond acceptors (Lipinski definition) is 3. The van der Waals surface area contributed by atoms with Crippen molar-refractivity contribution in [2.75, 3.05) is 16.4 Å². The number of alkyl halides is 1. The molecule has 0 spiro atoms. The van der Waals surface area contributed by atoms with Crippen molar-refractivity contribution >= 4 is 38.3 Å². The molecule has 0 fully saturated rings. The van der Waals surface area contributed by atoms with E-state index in [-0.39, 0.29) is 5.75 Å². The summed E-state index contributed by atoms with van der Waals surface area (Å²) in [6, 6.07) is 5.20. The summed E-state index contributed by atoms with van der Waals surface area (Å²) in [5, 5.41) is 0. The van der Waals surface area contributed by atoms with Gasteiger partial charge >= 0.3 is 0 Å². The summed E-state index contributed by atoms with van der Waals surface area (Å²) in [6.07, 6.45) is 0.433. The first-order valence-corrected chi connectivity index (χ1v) is 7.72. The summed E-state index contributed by atoms with van der Waals surface area (Å²) in [5.74, 6) is 1.16. The fourth-order valence-electron chi connectivity index (χ4n) is 1.68. The van der Waals surface area contributed by atoms with Crippen LogP contribution in [0.15, 0.2) is 18.2 Å². The van der Waals surface area contributed by atoms with E-state index in [1.807, 2.05) is 6.92 Å². The number of benzene rings is 1. The van der Waals surface area contributed by atoms with Gasteiger partial charge in [-0.2, -0.15) is 0 Å². The maximum atomic E-state index is 11.7. The number of imidazole rings is 1. The van der Waals surface area contributed by atoms with E-state index in [2.05, 4.69) is 14.7 Å². The van der Waals surface area contributed by atoms with E-state index in [1.54, 1.807) is 18.2 Å². The molecule has 98 valence electrons. The number of aromatic amines is 1. The predicted molar refractivity (Wildman–Crippen MR) is 73.6 cm³/mol. The Balaban J connectivity index is 2.21. The van der Waals surface area contributed by atoms with Crippen LogP contribution in [0.4, 0.5) is 5.69 Å². The van der Waals surface area contributed by atoms with Crippen molar-refractivity contribution in [2.24, 2.45) is 0 Å². The van der Waals surface area contributed by atoms with Crippen molar-refractivity contribution in [3.63, 3.8) is 0 Å². The second kappa shape index (κ2) is 5.16. The average Bonchev–Trinajstić information content (AvgIpc) is 2.65. The first-order valence-electron chi connectivity index (χ1n) is 5.53. The molecule has 1 aromatic heterocycles. The molecular weight excluding hydrogens is 274 g/mol. The summed E-state index contributed by atoms with van der Waals surface area (Å²) in [6.45, 7) is 1.85. The Morgan fingerprint density at radius 3 is 2.94 bits per heavy atom. The van der Waals surface area contributed by atoms with Gasteiger partial charge in [0, 0.05) is 5.88 Å². The fraction of sp³-hybridized carbons (Fsp3) is 0.364. The highest BCUT2D eigenvalue weighted by atomic mass is 35.5. The Labute approximate surface area is 111 Å². The van der Waals surface area contributed by atoms with Crippen LogP contribution in [-0.4, -0.2) is 30.0 Å². The minimum Gasteiger partial charge on any atom is -0.342 e. The normalized spacial score (nSPS) is 11.9. The highest BCUT2D eigenvalue weighted by Crippen LogP contribution is 2.18. The lowest BCUT2D eigenvalue weighted by Gasteiger charge is -2.06. The Bertz CT molecular complexity index is 651. The largest absolute Gasteiger partial charge is 0.342 e. The van der Waals surface area contributed by atoms with Gasteiger partial charge in [-0.25, -0.2) is 13.4 Å². The Morgan fingerprint density at radius 2 is 2.22 bits per heavy atom. The second-order valence-corrected chi connectivity index (χ2v) is 6.24. The van der Waals surface area contributed by atoms with E-state index in [9.17, 15) is 8.42 Å². The lowest BCUT2D eigenvalue weighted by Crippen LogP contribution is -2.16. The van der Waals surface area contributed by atoms with Crippen LogP contribution in [0.5, 0.6) is 0 Å². The molecule has 0 saturated carbocycles. The van der Waals surface area contributed by atoms with E-state index < -0.39 is 10.0 Å². The van der Waals surface area contributed by atoms with Crippen LogP contribution in [0, 0.1) is 6.92 Å². The highest BCUT2D eigenvalue weighted by molar-refractivity contribution is 7.92. The summed E-state index contributed by atoms with van der Waals surface area (Å²) < 4.78 is 25.9. The van der Waals surface area contributed by atoms with Crippen LogP contribution in [0.25, 0.3) is 11.0 Å². The molecule has 0 aliphatic rings. The molecule has 0 bridgehead atoms. The maximum Gasteiger partial charge on any atom is 0.232 e. The van der Waals surface area contributed by atoms with E-state index >= 15 is 0 Å². The standard InChI is InChI=1S/C11H14ClN3O2S/c1-8-13-10-4-3-9(7-11(10)14-8)15-18(16,17)6-2-5-12/h3-4,7,15H,2,5-6H2,1H3,(H,13,14). The molecule has 2 aromatic rings. The Morgan fingerprint density at radius 1 is 1.44 bits per heavy atom. The monoisotopic (exact) mass is 287 g/mol. The summed E-state index contributed by atoms with van der Waals surface area (Å²) >= 11 is 5.49. The van der Waals surface area contributed by atoms with Gasteiger partial charge in [0.25, 0.3) is 0 Å². The van der Waals surface area contributed by atoms with Gasteiger partial charge in [-0.05, 0) is 31.5 Å². The van der Waals surface area contributed by atoms with Gasteiger partial charge in [0.05, 0.1) is 22.5 Å². The minimum absolute atomic E-state index is 0.0243. The van der Waals surface area contributed by atoms with Gasteiger partial charge in [-0.15, -0.1) is 11.6 Å². The Kier molecular flexibility index (Phi) is 3.77. The molecule has 2 N–H and O–H groups in total. The molecule has 0 aliphatic carbocycles. The number of nitrogens with zero attached hydrogens (tertiary/aromatic N) is 1. The second-order valence-electron chi connectivity index (χ2n) is 4.02. The molecule has 7 heteroatoms. The zero-order valence-corrected chi connectivity index (χ0v) is 11.5. The first kappa shape index (κ1) is 13.2. The SMILES string of the molecule is Cc1nc2ccc(NS(=O)(=O)CCCCl)cc2[nH]1. The molecule has 0 saturated heterocycles. The molecule has 0 unspecified atom stereocenters. The maximum absolute atomic E-state index is 11.7. The number of hydrogen-bond donors (Lipinski definition) is 2. The molecule has 0 amide bonds. The molecular formula is C11H14ClN3O2S. The van der Waals surface area contributed by atoms with E-state index in [0.29, 0.717) is 18.0 Å². The van der Waals surface area contributed by atoms with Crippen LogP contribution in [0.1, 0.15) is 12.2 Å². The van der Waals surface area contributed by atoms with Crippen molar-refractivity contribution in [3.05, 3.63) is 24.0 Å². The lowest BCUT2D eigenvalue weighted by molar-refractivity contribution is 0.600. The van der Waals surface area contributed by atoms with Crippen molar-refractivity contribution in [1.82, 2.24) is 9.97 Å². The number of aromatic nitrogens is 2. The quantitative estimate of drug-likeness (QED) is 0.828. The molecule has 0 aliphatic heterocycles. The molecule has 0 atom stereocenters. The lowest BCUT2D eigenvalue weighted by atomic mass is 10.3. The predicted octanol–water partition coefficient (Wildman–Crippen LogP) is 2.24. The van der Waals surface area contributed by atoms with Gasteiger partial charge < -0.3 is 4.98 Å². The van der Waals surface area contributed by atoms with E-state index in [1.165, 1.54) is 0 Å². The third-order valence-electron chi connectivity index (χ3n) is 2.42. The van der Waals surface area contributed by atoms with E-state index in [0.717, 1.165) is 16.9 Å². The van der Waals surface area contributed by atoms with Crippen molar-refractivity contribution in [2.45, 2.75) is 13.3 Å². The number of rotatable bonds is 5. The zero-order chi connectivity index (χ0) is 13.2. The van der Waals surface area contributed by atoms with Crippen LogP contribution in [0.2, 0.25) is 0 Å². The summed E-state index contributed by atoms with van der Waals surface area (Å²) in [4.78, 5) is 7.31. The number of fused-ring (bicyclic) bond motifs is 1. The minimum atomic E-state index is -3.33. The number of anilines is 1. The third kappa shape index (κ3) is 3.14. The molecule has 18 heavy (non-hydrogen) atoms. The van der Waals surface area contributed by atoms with Gasteiger partial charge in [0.2, 0.25) is 10.0 Å². The average molecular weight is 288 g/mol. The van der Waals surface area contributed by atoms with Crippen LogP contribution in [0.3, 0.4) is 0 Å². The number of aryl methyl sites for hydroxylation is 1. The number of halogens is 1. The van der Waals surface area contributed by atoms with Crippen molar-refractivity contribution < 1.29 is 8.42 Å². The third-order valence-corrected chi connectivity index (χ3v) is 4.06. The van der Waals surface area contributed by atoms with E-state index in [4.69, 9.17) is 11.6 Å². The molecule has 5 nitrogen and oxygen atoms in total. The highest BCUT2D eigenvalue weighted by Gasteiger charge is 2.10. The topological polar surface area (TPSA) is 74.8 Å². The van der Waals surface area contributed by atoms with Crippen molar-refractivity contribution in [3.8, 4) is 0 Å².